The Morgan fingerprint density at radius 2 is 1.84 bits per heavy atom. The van der Waals surface area contributed by atoms with Crippen molar-refractivity contribution in [2.24, 2.45) is 0 Å². The Morgan fingerprint density at radius 1 is 1.06 bits per heavy atom. The third-order valence-corrected chi connectivity index (χ3v) is 6.75. The number of fused-ring (bicyclic) bond motifs is 1. The summed E-state index contributed by atoms with van der Waals surface area (Å²) in [6, 6.07) is 12.8. The molecule has 7 nitrogen and oxygen atoms in total. The summed E-state index contributed by atoms with van der Waals surface area (Å²) in [6.45, 7) is 7.37. The molecule has 9 heteroatoms. The van der Waals surface area contributed by atoms with Gasteiger partial charge >= 0.3 is 0 Å². The molecule has 0 N–H and O–H groups in total. The summed E-state index contributed by atoms with van der Waals surface area (Å²) in [4.78, 5) is 27.9. The first-order chi connectivity index (χ1) is 15.5. The largest absolute Gasteiger partial charge is 0.333 e. The number of hydrogen-bond acceptors (Lipinski definition) is 6. The van der Waals surface area contributed by atoms with Crippen LogP contribution in [0.2, 0.25) is 0 Å². The van der Waals surface area contributed by atoms with E-state index in [0.717, 1.165) is 35.9 Å². The lowest BCUT2D eigenvalue weighted by atomic mass is 10.2. The van der Waals surface area contributed by atoms with Crippen molar-refractivity contribution >= 4 is 23.0 Å². The predicted molar refractivity (Wildman–Crippen MR) is 121 cm³/mol. The minimum absolute atomic E-state index is 0.162. The second-order valence-electron chi connectivity index (χ2n) is 8.00. The average molecular weight is 451 g/mol. The Hall–Kier alpha value is -3.17. The predicted octanol–water partition coefficient (Wildman–Crippen LogP) is 3.57. The molecule has 4 aromatic rings. The molecule has 32 heavy (non-hydrogen) atoms. The summed E-state index contributed by atoms with van der Waals surface area (Å²) in [5.41, 5.74) is 2.38. The van der Waals surface area contributed by atoms with Crippen molar-refractivity contribution in [3.8, 4) is 10.4 Å². The first-order valence-corrected chi connectivity index (χ1v) is 11.4. The number of carbonyl (C=O) groups excluding carboxylic acids is 1. The van der Waals surface area contributed by atoms with E-state index in [1.54, 1.807) is 32.9 Å². The number of hydrogen-bond donors (Lipinski definition) is 0. The van der Waals surface area contributed by atoms with E-state index < -0.39 is 0 Å². The highest BCUT2D eigenvalue weighted by Crippen LogP contribution is 2.30. The van der Waals surface area contributed by atoms with Crippen molar-refractivity contribution in [2.75, 3.05) is 26.2 Å². The van der Waals surface area contributed by atoms with E-state index in [2.05, 4.69) is 26.0 Å². The molecule has 1 fully saturated rings. The molecular weight excluding hydrogens is 427 g/mol. The van der Waals surface area contributed by atoms with Crippen LogP contribution in [0.15, 0.2) is 42.5 Å². The lowest BCUT2D eigenvalue weighted by Crippen LogP contribution is -2.48. The molecule has 0 radical (unpaired) electrons. The number of carbonyl (C=O) groups is 1. The number of piperazine rings is 1. The van der Waals surface area contributed by atoms with E-state index in [1.165, 1.54) is 10.9 Å². The van der Waals surface area contributed by atoms with Crippen LogP contribution < -0.4 is 0 Å². The van der Waals surface area contributed by atoms with Gasteiger partial charge in [-0.2, -0.15) is 4.98 Å². The summed E-state index contributed by atoms with van der Waals surface area (Å²) in [5, 5.41) is 4.36. The van der Waals surface area contributed by atoms with Gasteiger partial charge in [-0.15, -0.1) is 16.4 Å². The fourth-order valence-corrected chi connectivity index (χ4v) is 5.07. The number of benzene rings is 1. The third kappa shape index (κ3) is 4.01. The Kier molecular flexibility index (Phi) is 5.44. The van der Waals surface area contributed by atoms with Crippen LogP contribution in [0.5, 0.6) is 0 Å². The van der Waals surface area contributed by atoms with E-state index in [9.17, 15) is 9.18 Å². The Labute approximate surface area is 189 Å². The van der Waals surface area contributed by atoms with Gasteiger partial charge < -0.3 is 4.90 Å². The van der Waals surface area contributed by atoms with Gasteiger partial charge in [0.2, 0.25) is 5.82 Å². The SMILES string of the molecule is Cc1cc(C)n2nc(C(=O)N3CCN(Cc4ccc(-c5ccccc5F)s4)CC3)nc2n1. The van der Waals surface area contributed by atoms with E-state index >= 15 is 0 Å². The van der Waals surface area contributed by atoms with Gasteiger partial charge in [0.15, 0.2) is 0 Å². The molecule has 164 valence electrons. The topological polar surface area (TPSA) is 66.6 Å². The maximum atomic E-state index is 14.1. The summed E-state index contributed by atoms with van der Waals surface area (Å²) in [6.07, 6.45) is 0. The Morgan fingerprint density at radius 3 is 2.62 bits per heavy atom. The smallest absolute Gasteiger partial charge is 0.293 e. The monoisotopic (exact) mass is 450 g/mol. The van der Waals surface area contributed by atoms with Gasteiger partial charge in [0.1, 0.15) is 5.82 Å². The van der Waals surface area contributed by atoms with Crippen molar-refractivity contribution < 1.29 is 9.18 Å². The van der Waals surface area contributed by atoms with Gasteiger partial charge in [0.25, 0.3) is 11.7 Å². The lowest BCUT2D eigenvalue weighted by Gasteiger charge is -2.33. The van der Waals surface area contributed by atoms with Crippen LogP contribution in [-0.2, 0) is 6.54 Å². The summed E-state index contributed by atoms with van der Waals surface area (Å²) in [5.74, 6) is 0.277. The molecule has 0 aliphatic carbocycles. The summed E-state index contributed by atoms with van der Waals surface area (Å²) < 4.78 is 15.7. The van der Waals surface area contributed by atoms with Crippen molar-refractivity contribution in [3.63, 3.8) is 0 Å². The minimum atomic E-state index is -0.200. The zero-order chi connectivity index (χ0) is 22.2. The molecule has 0 atom stereocenters. The number of thiophene rings is 1. The molecule has 4 heterocycles. The molecule has 1 aliphatic rings. The van der Waals surface area contributed by atoms with Crippen LogP contribution >= 0.6 is 11.3 Å². The second kappa shape index (κ2) is 8.40. The van der Waals surface area contributed by atoms with E-state index in [-0.39, 0.29) is 17.5 Å². The van der Waals surface area contributed by atoms with Gasteiger partial charge in [0, 0.05) is 59.4 Å². The molecule has 1 saturated heterocycles. The molecule has 0 spiro atoms. The van der Waals surface area contributed by atoms with Gasteiger partial charge in [-0.3, -0.25) is 9.69 Å². The standard InChI is InChI=1S/C23H23FN6OS/c1-15-13-16(2)30-23(25-15)26-21(27-30)22(31)29-11-9-28(10-12-29)14-17-7-8-20(32-17)18-5-3-4-6-19(18)24/h3-8,13H,9-12,14H2,1-2H3. The van der Waals surface area contributed by atoms with E-state index in [4.69, 9.17) is 0 Å². The molecule has 3 aromatic heterocycles. The molecule has 1 aliphatic heterocycles. The number of aromatic nitrogens is 4. The Bertz CT molecular complexity index is 1290. The normalized spacial score (nSPS) is 14.9. The van der Waals surface area contributed by atoms with Gasteiger partial charge in [0.05, 0.1) is 0 Å². The maximum Gasteiger partial charge on any atom is 0.293 e. The number of aryl methyl sites for hydroxylation is 2. The van der Waals surface area contributed by atoms with E-state index in [0.29, 0.717) is 24.4 Å². The van der Waals surface area contributed by atoms with E-state index in [1.807, 2.05) is 32.0 Å². The summed E-state index contributed by atoms with van der Waals surface area (Å²) >= 11 is 1.61. The van der Waals surface area contributed by atoms with Crippen LogP contribution in [-0.4, -0.2) is 61.5 Å². The van der Waals surface area contributed by atoms with Crippen molar-refractivity contribution in [2.45, 2.75) is 20.4 Å². The second-order valence-corrected chi connectivity index (χ2v) is 9.17. The highest BCUT2D eigenvalue weighted by molar-refractivity contribution is 7.15. The number of amides is 1. The highest BCUT2D eigenvalue weighted by atomic mass is 32.1. The van der Waals surface area contributed by atoms with Crippen LogP contribution in [0.3, 0.4) is 0 Å². The van der Waals surface area contributed by atoms with Gasteiger partial charge in [-0.1, -0.05) is 18.2 Å². The number of halogens is 1. The van der Waals surface area contributed by atoms with Crippen LogP contribution in [0.4, 0.5) is 4.39 Å². The number of nitrogens with zero attached hydrogens (tertiary/aromatic N) is 6. The molecule has 1 amide bonds. The molecule has 0 unspecified atom stereocenters. The zero-order valence-corrected chi connectivity index (χ0v) is 18.8. The zero-order valence-electron chi connectivity index (χ0n) is 18.0. The fourth-order valence-electron chi connectivity index (χ4n) is 4.00. The average Bonchev–Trinajstić information content (AvgIpc) is 3.41. The van der Waals surface area contributed by atoms with Crippen LogP contribution in [0.1, 0.15) is 26.9 Å². The maximum absolute atomic E-state index is 14.1. The third-order valence-electron chi connectivity index (χ3n) is 5.65. The first kappa shape index (κ1) is 20.7. The molecule has 0 saturated carbocycles. The van der Waals surface area contributed by atoms with Crippen molar-refractivity contribution in [1.29, 1.82) is 0 Å². The quantitative estimate of drug-likeness (QED) is 0.476. The lowest BCUT2D eigenvalue weighted by molar-refractivity contribution is 0.0618. The van der Waals surface area contributed by atoms with Crippen molar-refractivity contribution in [3.05, 3.63) is 70.4 Å². The fraction of sp³-hybridized carbons (Fsp3) is 0.304. The van der Waals surface area contributed by atoms with Gasteiger partial charge in [-0.25, -0.2) is 13.9 Å². The van der Waals surface area contributed by atoms with Crippen molar-refractivity contribution in [1.82, 2.24) is 29.4 Å². The highest BCUT2D eigenvalue weighted by Gasteiger charge is 2.26. The summed E-state index contributed by atoms with van der Waals surface area (Å²) in [7, 11) is 0. The minimum Gasteiger partial charge on any atom is -0.333 e. The van der Waals surface area contributed by atoms with Gasteiger partial charge in [-0.05, 0) is 38.1 Å². The molecular formula is C23H23FN6OS. The van der Waals surface area contributed by atoms with Crippen LogP contribution in [0.25, 0.3) is 16.2 Å². The molecule has 0 bridgehead atoms. The molecule has 5 rings (SSSR count). The van der Waals surface area contributed by atoms with Crippen LogP contribution in [0, 0.1) is 19.7 Å². The Balaban J connectivity index is 1.22. The molecule has 1 aromatic carbocycles. The number of rotatable bonds is 4. The first-order valence-electron chi connectivity index (χ1n) is 10.5.